The van der Waals surface area contributed by atoms with Gasteiger partial charge in [-0.25, -0.2) is 0 Å². The van der Waals surface area contributed by atoms with Crippen molar-refractivity contribution in [3.8, 4) is 0 Å². The lowest BCUT2D eigenvalue weighted by Crippen LogP contribution is -2.41. The quantitative estimate of drug-likeness (QED) is 0.713. The molecule has 0 N–H and O–H groups in total. The van der Waals surface area contributed by atoms with Gasteiger partial charge in [0.25, 0.3) is 5.91 Å². The Morgan fingerprint density at radius 2 is 2.06 bits per heavy atom. The standard InChI is InChI=1S/C12H16N2O2/c1-9-10(2)13-4-3-11(9)12(15)14-5-7-16-8-6-14/h3-4H,5-8H2,1-2H3. The number of nitrogens with zero attached hydrogens (tertiary/aromatic N) is 2. The van der Waals surface area contributed by atoms with E-state index in [4.69, 9.17) is 4.74 Å². The minimum absolute atomic E-state index is 0.0892. The van der Waals surface area contributed by atoms with Gasteiger partial charge in [-0.15, -0.1) is 0 Å². The number of rotatable bonds is 1. The Balaban J connectivity index is 2.22. The highest BCUT2D eigenvalue weighted by Crippen LogP contribution is 2.13. The van der Waals surface area contributed by atoms with Crippen molar-refractivity contribution < 1.29 is 9.53 Å². The summed E-state index contributed by atoms with van der Waals surface area (Å²) in [6, 6.07) is 1.79. The van der Waals surface area contributed by atoms with Gasteiger partial charge in [0.05, 0.1) is 13.2 Å². The Morgan fingerprint density at radius 3 is 2.75 bits per heavy atom. The number of aryl methyl sites for hydroxylation is 1. The second-order valence-corrected chi connectivity index (χ2v) is 3.97. The van der Waals surface area contributed by atoms with Crippen LogP contribution in [0.1, 0.15) is 21.6 Å². The summed E-state index contributed by atoms with van der Waals surface area (Å²) in [7, 11) is 0. The van der Waals surface area contributed by atoms with Crippen LogP contribution in [0.4, 0.5) is 0 Å². The molecule has 2 rings (SSSR count). The minimum Gasteiger partial charge on any atom is -0.378 e. The molecule has 2 heterocycles. The van der Waals surface area contributed by atoms with Crippen molar-refractivity contribution in [3.63, 3.8) is 0 Å². The highest BCUT2D eigenvalue weighted by atomic mass is 16.5. The van der Waals surface area contributed by atoms with Crippen LogP contribution < -0.4 is 0 Å². The summed E-state index contributed by atoms with van der Waals surface area (Å²) in [5.74, 6) is 0.0892. The molecule has 1 fully saturated rings. The van der Waals surface area contributed by atoms with Crippen molar-refractivity contribution in [2.75, 3.05) is 26.3 Å². The average Bonchev–Trinajstić information content (AvgIpc) is 2.33. The van der Waals surface area contributed by atoms with E-state index in [0.717, 1.165) is 16.8 Å². The molecule has 1 amide bonds. The molecule has 4 nitrogen and oxygen atoms in total. The Hall–Kier alpha value is -1.42. The summed E-state index contributed by atoms with van der Waals surface area (Å²) in [4.78, 5) is 18.2. The van der Waals surface area contributed by atoms with E-state index in [-0.39, 0.29) is 5.91 Å². The molecule has 0 atom stereocenters. The third-order valence-corrected chi connectivity index (χ3v) is 2.98. The van der Waals surface area contributed by atoms with Crippen molar-refractivity contribution in [3.05, 3.63) is 29.1 Å². The topological polar surface area (TPSA) is 42.4 Å². The van der Waals surface area contributed by atoms with Crippen molar-refractivity contribution >= 4 is 5.91 Å². The maximum absolute atomic E-state index is 12.2. The maximum atomic E-state index is 12.2. The normalized spacial score (nSPS) is 16.2. The summed E-state index contributed by atoms with van der Waals surface area (Å²) in [5.41, 5.74) is 2.65. The fraction of sp³-hybridized carbons (Fsp3) is 0.500. The number of pyridine rings is 1. The molecule has 0 aromatic carbocycles. The molecule has 1 aliphatic rings. The molecular weight excluding hydrogens is 204 g/mol. The van der Waals surface area contributed by atoms with Gasteiger partial charge in [-0.1, -0.05) is 0 Å². The number of ether oxygens (including phenoxy) is 1. The lowest BCUT2D eigenvalue weighted by Gasteiger charge is -2.27. The van der Waals surface area contributed by atoms with E-state index in [1.807, 2.05) is 18.7 Å². The van der Waals surface area contributed by atoms with Crippen LogP contribution in [0.2, 0.25) is 0 Å². The van der Waals surface area contributed by atoms with E-state index in [0.29, 0.717) is 26.3 Å². The first kappa shape index (κ1) is 11.1. The van der Waals surface area contributed by atoms with Crippen LogP contribution in [-0.4, -0.2) is 42.1 Å². The molecule has 0 bridgehead atoms. The molecule has 0 radical (unpaired) electrons. The number of aromatic nitrogens is 1. The first-order valence-electron chi connectivity index (χ1n) is 5.49. The number of hydrogen-bond donors (Lipinski definition) is 0. The molecule has 1 aromatic rings. The molecule has 4 heteroatoms. The largest absolute Gasteiger partial charge is 0.378 e. The van der Waals surface area contributed by atoms with E-state index in [1.165, 1.54) is 0 Å². The van der Waals surface area contributed by atoms with Gasteiger partial charge in [0.2, 0.25) is 0 Å². The summed E-state index contributed by atoms with van der Waals surface area (Å²) >= 11 is 0. The Kier molecular flexibility index (Phi) is 3.19. The first-order valence-corrected chi connectivity index (χ1v) is 5.49. The van der Waals surface area contributed by atoms with Crippen LogP contribution in [0.5, 0.6) is 0 Å². The van der Waals surface area contributed by atoms with Gasteiger partial charge in [0.15, 0.2) is 0 Å². The first-order chi connectivity index (χ1) is 7.70. The van der Waals surface area contributed by atoms with E-state index in [1.54, 1.807) is 12.3 Å². The Bertz CT molecular complexity index is 398. The summed E-state index contributed by atoms with van der Waals surface area (Å²) in [6.45, 7) is 6.49. The van der Waals surface area contributed by atoms with Crippen LogP contribution in [-0.2, 0) is 4.74 Å². The molecule has 0 unspecified atom stereocenters. The summed E-state index contributed by atoms with van der Waals surface area (Å²) in [5, 5.41) is 0. The van der Waals surface area contributed by atoms with Crippen molar-refractivity contribution in [2.24, 2.45) is 0 Å². The number of morpholine rings is 1. The molecular formula is C12H16N2O2. The molecule has 1 aliphatic heterocycles. The second kappa shape index (κ2) is 4.61. The zero-order valence-corrected chi connectivity index (χ0v) is 9.69. The number of carbonyl (C=O) groups excluding carboxylic acids is 1. The molecule has 1 saturated heterocycles. The zero-order chi connectivity index (χ0) is 11.5. The van der Waals surface area contributed by atoms with Gasteiger partial charge in [0.1, 0.15) is 0 Å². The Morgan fingerprint density at radius 1 is 1.38 bits per heavy atom. The predicted octanol–water partition coefficient (Wildman–Crippen LogP) is 1.17. The molecule has 86 valence electrons. The summed E-state index contributed by atoms with van der Waals surface area (Å²) in [6.07, 6.45) is 1.69. The lowest BCUT2D eigenvalue weighted by molar-refractivity contribution is 0.0302. The SMILES string of the molecule is Cc1nccc(C(=O)N2CCOCC2)c1C. The van der Waals surface area contributed by atoms with Crippen molar-refractivity contribution in [1.29, 1.82) is 0 Å². The van der Waals surface area contributed by atoms with Gasteiger partial charge >= 0.3 is 0 Å². The smallest absolute Gasteiger partial charge is 0.254 e. The van der Waals surface area contributed by atoms with E-state index in [9.17, 15) is 4.79 Å². The van der Waals surface area contributed by atoms with Gasteiger partial charge in [0, 0.05) is 30.5 Å². The molecule has 0 aliphatic carbocycles. The number of hydrogen-bond acceptors (Lipinski definition) is 3. The maximum Gasteiger partial charge on any atom is 0.254 e. The predicted molar refractivity (Wildman–Crippen MR) is 60.4 cm³/mol. The average molecular weight is 220 g/mol. The number of amides is 1. The molecule has 16 heavy (non-hydrogen) atoms. The fourth-order valence-electron chi connectivity index (χ4n) is 1.81. The lowest BCUT2D eigenvalue weighted by atomic mass is 10.1. The monoisotopic (exact) mass is 220 g/mol. The minimum atomic E-state index is 0.0892. The van der Waals surface area contributed by atoms with E-state index in [2.05, 4.69) is 4.98 Å². The van der Waals surface area contributed by atoms with Crippen LogP contribution in [0.25, 0.3) is 0 Å². The second-order valence-electron chi connectivity index (χ2n) is 3.97. The Labute approximate surface area is 95.2 Å². The fourth-order valence-corrected chi connectivity index (χ4v) is 1.81. The zero-order valence-electron chi connectivity index (χ0n) is 9.69. The van der Waals surface area contributed by atoms with Crippen LogP contribution in [0.15, 0.2) is 12.3 Å². The summed E-state index contributed by atoms with van der Waals surface area (Å²) < 4.78 is 5.23. The molecule has 0 saturated carbocycles. The van der Waals surface area contributed by atoms with Crippen molar-refractivity contribution in [1.82, 2.24) is 9.88 Å². The van der Waals surface area contributed by atoms with Gasteiger partial charge in [-0.2, -0.15) is 0 Å². The molecule has 0 spiro atoms. The van der Waals surface area contributed by atoms with Crippen LogP contribution >= 0.6 is 0 Å². The van der Waals surface area contributed by atoms with E-state index >= 15 is 0 Å². The highest BCUT2D eigenvalue weighted by Gasteiger charge is 2.20. The third-order valence-electron chi connectivity index (χ3n) is 2.98. The van der Waals surface area contributed by atoms with Crippen LogP contribution in [0.3, 0.4) is 0 Å². The van der Waals surface area contributed by atoms with E-state index < -0.39 is 0 Å². The van der Waals surface area contributed by atoms with Crippen LogP contribution in [0, 0.1) is 13.8 Å². The molecule has 1 aromatic heterocycles. The third kappa shape index (κ3) is 2.07. The highest BCUT2D eigenvalue weighted by molar-refractivity contribution is 5.95. The van der Waals surface area contributed by atoms with Gasteiger partial charge < -0.3 is 9.64 Å². The van der Waals surface area contributed by atoms with Gasteiger partial charge in [-0.3, -0.25) is 9.78 Å². The van der Waals surface area contributed by atoms with Gasteiger partial charge in [-0.05, 0) is 25.5 Å². The van der Waals surface area contributed by atoms with Crippen molar-refractivity contribution in [2.45, 2.75) is 13.8 Å². The number of carbonyl (C=O) groups is 1.